The molecule has 1 unspecified atom stereocenters. The molecule has 0 fully saturated rings. The SMILES string of the molecule is CC(C)CC(C)NC(=O)c1cnc(NN)c2ccccc12. The third-order valence-electron chi connectivity index (χ3n) is 3.38. The second kappa shape index (κ2) is 6.54. The Balaban J connectivity index is 2.32. The van der Waals surface area contributed by atoms with Crippen LogP contribution in [0.1, 0.15) is 37.6 Å². The monoisotopic (exact) mass is 286 g/mol. The van der Waals surface area contributed by atoms with Crippen LogP contribution in [0.2, 0.25) is 0 Å². The van der Waals surface area contributed by atoms with Gasteiger partial charge in [-0.25, -0.2) is 10.8 Å². The second-order valence-corrected chi connectivity index (χ2v) is 5.71. The van der Waals surface area contributed by atoms with Crippen molar-refractivity contribution in [3.63, 3.8) is 0 Å². The molecule has 0 saturated heterocycles. The second-order valence-electron chi connectivity index (χ2n) is 5.71. The Morgan fingerprint density at radius 2 is 1.90 bits per heavy atom. The lowest BCUT2D eigenvalue weighted by molar-refractivity contribution is 0.0937. The van der Waals surface area contributed by atoms with Gasteiger partial charge in [-0.05, 0) is 24.6 Å². The first-order valence-electron chi connectivity index (χ1n) is 7.18. The molecule has 1 aromatic carbocycles. The number of benzene rings is 1. The van der Waals surface area contributed by atoms with E-state index in [1.807, 2.05) is 31.2 Å². The average molecular weight is 286 g/mol. The zero-order valence-corrected chi connectivity index (χ0v) is 12.7. The molecular formula is C16H22N4O. The number of anilines is 1. The van der Waals surface area contributed by atoms with Crippen molar-refractivity contribution >= 4 is 22.5 Å². The molecule has 112 valence electrons. The number of fused-ring (bicyclic) bond motifs is 1. The molecule has 0 aliphatic carbocycles. The summed E-state index contributed by atoms with van der Waals surface area (Å²) < 4.78 is 0. The van der Waals surface area contributed by atoms with Gasteiger partial charge in [-0.15, -0.1) is 0 Å². The van der Waals surface area contributed by atoms with Crippen molar-refractivity contribution in [2.45, 2.75) is 33.2 Å². The van der Waals surface area contributed by atoms with E-state index in [-0.39, 0.29) is 11.9 Å². The molecule has 4 N–H and O–H groups in total. The van der Waals surface area contributed by atoms with Gasteiger partial charge in [0.15, 0.2) is 0 Å². The maximum atomic E-state index is 12.4. The van der Waals surface area contributed by atoms with Gasteiger partial charge in [0.25, 0.3) is 5.91 Å². The lowest BCUT2D eigenvalue weighted by atomic mass is 10.0. The molecule has 2 aromatic rings. The number of aromatic nitrogens is 1. The van der Waals surface area contributed by atoms with E-state index >= 15 is 0 Å². The number of hydrogen-bond donors (Lipinski definition) is 3. The van der Waals surface area contributed by atoms with Crippen LogP contribution in [0.3, 0.4) is 0 Å². The lowest BCUT2D eigenvalue weighted by Gasteiger charge is -2.17. The molecule has 1 heterocycles. The van der Waals surface area contributed by atoms with Gasteiger partial charge in [-0.2, -0.15) is 0 Å². The van der Waals surface area contributed by atoms with Gasteiger partial charge in [0.1, 0.15) is 5.82 Å². The number of rotatable bonds is 5. The number of nitrogens with zero attached hydrogens (tertiary/aromatic N) is 1. The van der Waals surface area contributed by atoms with Crippen LogP contribution in [-0.4, -0.2) is 16.9 Å². The Hall–Kier alpha value is -2.14. The number of hydrogen-bond acceptors (Lipinski definition) is 4. The summed E-state index contributed by atoms with van der Waals surface area (Å²) in [6, 6.07) is 7.72. The van der Waals surface area contributed by atoms with Gasteiger partial charge >= 0.3 is 0 Å². The standard InChI is InChI=1S/C16H22N4O/c1-10(2)8-11(3)19-16(21)14-9-18-15(20-17)13-7-5-4-6-12(13)14/h4-7,9-11H,8,17H2,1-3H3,(H,18,20)(H,19,21). The number of nitrogen functional groups attached to an aromatic ring is 1. The predicted molar refractivity (Wildman–Crippen MR) is 85.9 cm³/mol. The van der Waals surface area contributed by atoms with Crippen molar-refractivity contribution in [2.75, 3.05) is 5.43 Å². The molecule has 0 aliphatic rings. The Morgan fingerprint density at radius 3 is 2.52 bits per heavy atom. The van der Waals surface area contributed by atoms with E-state index in [1.165, 1.54) is 0 Å². The average Bonchev–Trinajstić information content (AvgIpc) is 2.44. The molecule has 1 aromatic heterocycles. The quantitative estimate of drug-likeness (QED) is 0.583. The Morgan fingerprint density at radius 1 is 1.24 bits per heavy atom. The van der Waals surface area contributed by atoms with Crippen LogP contribution in [-0.2, 0) is 0 Å². The Labute approximate surface area is 124 Å². The molecule has 2 rings (SSSR count). The fraction of sp³-hybridized carbons (Fsp3) is 0.375. The number of carbonyl (C=O) groups is 1. The summed E-state index contributed by atoms with van der Waals surface area (Å²) in [5, 5.41) is 4.71. The summed E-state index contributed by atoms with van der Waals surface area (Å²) in [6.45, 7) is 6.30. The molecule has 5 nitrogen and oxygen atoms in total. The number of carbonyl (C=O) groups excluding carboxylic acids is 1. The number of amides is 1. The normalized spacial score (nSPS) is 12.4. The first-order chi connectivity index (χ1) is 10.0. The summed E-state index contributed by atoms with van der Waals surface area (Å²) in [5.74, 6) is 6.47. The van der Waals surface area contributed by atoms with Gasteiger partial charge in [0.05, 0.1) is 5.56 Å². The number of nitrogens with two attached hydrogens (primary N) is 1. The van der Waals surface area contributed by atoms with E-state index in [9.17, 15) is 4.79 Å². The lowest BCUT2D eigenvalue weighted by Crippen LogP contribution is -2.33. The van der Waals surface area contributed by atoms with Gasteiger partial charge in [0, 0.05) is 17.6 Å². The van der Waals surface area contributed by atoms with Crippen LogP contribution in [0.25, 0.3) is 10.8 Å². The first kappa shape index (κ1) is 15.3. The van der Waals surface area contributed by atoms with Crippen molar-refractivity contribution in [3.8, 4) is 0 Å². The summed E-state index contributed by atoms with van der Waals surface area (Å²) in [5.41, 5.74) is 3.13. The minimum absolute atomic E-state index is 0.101. The molecule has 0 aliphatic heterocycles. The summed E-state index contributed by atoms with van der Waals surface area (Å²) in [7, 11) is 0. The highest BCUT2D eigenvalue weighted by Crippen LogP contribution is 2.23. The molecule has 0 bridgehead atoms. The predicted octanol–water partition coefficient (Wildman–Crippen LogP) is 2.68. The Bertz CT molecular complexity index is 639. The van der Waals surface area contributed by atoms with Crippen LogP contribution in [0, 0.1) is 5.92 Å². The van der Waals surface area contributed by atoms with Gasteiger partial charge in [0.2, 0.25) is 0 Å². The van der Waals surface area contributed by atoms with Gasteiger partial charge in [-0.3, -0.25) is 4.79 Å². The zero-order chi connectivity index (χ0) is 15.4. The van der Waals surface area contributed by atoms with Crippen molar-refractivity contribution in [1.29, 1.82) is 0 Å². The number of nitrogens with one attached hydrogen (secondary N) is 2. The molecule has 21 heavy (non-hydrogen) atoms. The van der Waals surface area contributed by atoms with E-state index in [2.05, 4.69) is 29.6 Å². The first-order valence-corrected chi connectivity index (χ1v) is 7.18. The molecular weight excluding hydrogens is 264 g/mol. The molecule has 0 radical (unpaired) electrons. The van der Waals surface area contributed by atoms with E-state index in [0.717, 1.165) is 17.2 Å². The minimum Gasteiger partial charge on any atom is -0.350 e. The fourth-order valence-electron chi connectivity index (χ4n) is 2.56. The zero-order valence-electron chi connectivity index (χ0n) is 12.7. The van der Waals surface area contributed by atoms with Gasteiger partial charge in [-0.1, -0.05) is 38.1 Å². The highest BCUT2D eigenvalue weighted by Gasteiger charge is 2.15. The summed E-state index contributed by atoms with van der Waals surface area (Å²) in [4.78, 5) is 16.7. The largest absolute Gasteiger partial charge is 0.350 e. The minimum atomic E-state index is -0.101. The molecule has 1 atom stereocenters. The summed E-state index contributed by atoms with van der Waals surface area (Å²) >= 11 is 0. The van der Waals surface area contributed by atoms with E-state index in [4.69, 9.17) is 5.84 Å². The molecule has 5 heteroatoms. The van der Waals surface area contributed by atoms with Gasteiger partial charge < -0.3 is 10.7 Å². The number of hydrazine groups is 1. The van der Waals surface area contributed by atoms with Crippen molar-refractivity contribution in [1.82, 2.24) is 10.3 Å². The topological polar surface area (TPSA) is 80.0 Å². The van der Waals surface area contributed by atoms with E-state index < -0.39 is 0 Å². The van der Waals surface area contributed by atoms with Crippen LogP contribution >= 0.6 is 0 Å². The fourth-order valence-corrected chi connectivity index (χ4v) is 2.56. The van der Waals surface area contributed by atoms with E-state index in [1.54, 1.807) is 6.20 Å². The van der Waals surface area contributed by atoms with Crippen molar-refractivity contribution < 1.29 is 4.79 Å². The van der Waals surface area contributed by atoms with Crippen LogP contribution in [0.15, 0.2) is 30.5 Å². The molecule has 0 spiro atoms. The molecule has 0 saturated carbocycles. The maximum absolute atomic E-state index is 12.4. The highest BCUT2D eigenvalue weighted by atomic mass is 16.1. The van der Waals surface area contributed by atoms with E-state index in [0.29, 0.717) is 17.3 Å². The smallest absolute Gasteiger partial charge is 0.253 e. The molecule has 1 amide bonds. The van der Waals surface area contributed by atoms with Crippen LogP contribution in [0.5, 0.6) is 0 Å². The van der Waals surface area contributed by atoms with Crippen molar-refractivity contribution in [3.05, 3.63) is 36.0 Å². The van der Waals surface area contributed by atoms with Crippen LogP contribution in [0.4, 0.5) is 5.82 Å². The van der Waals surface area contributed by atoms with Crippen LogP contribution < -0.4 is 16.6 Å². The Kier molecular flexibility index (Phi) is 4.75. The number of pyridine rings is 1. The third-order valence-corrected chi connectivity index (χ3v) is 3.38. The third kappa shape index (κ3) is 3.49. The maximum Gasteiger partial charge on any atom is 0.253 e. The summed E-state index contributed by atoms with van der Waals surface area (Å²) in [6.07, 6.45) is 2.51. The van der Waals surface area contributed by atoms with Crippen molar-refractivity contribution in [2.24, 2.45) is 11.8 Å². The highest BCUT2D eigenvalue weighted by molar-refractivity contribution is 6.09.